The molecule has 1 aromatic rings. The molecular formula is C11H16FNO2S. The molecule has 0 spiro atoms. The van der Waals surface area contributed by atoms with Gasteiger partial charge in [0.25, 0.3) is 0 Å². The van der Waals surface area contributed by atoms with Gasteiger partial charge in [-0.05, 0) is 43.5 Å². The van der Waals surface area contributed by atoms with E-state index >= 15 is 0 Å². The number of nitrogens with one attached hydrogen (secondary N) is 1. The lowest BCUT2D eigenvalue weighted by Crippen LogP contribution is -2.27. The molecule has 0 aliphatic carbocycles. The maximum atomic E-state index is 12.8. The lowest BCUT2D eigenvalue weighted by atomic mass is 10.1. The van der Waals surface area contributed by atoms with E-state index in [2.05, 4.69) is 4.72 Å². The predicted molar refractivity (Wildman–Crippen MR) is 62.3 cm³/mol. The summed E-state index contributed by atoms with van der Waals surface area (Å²) in [5, 5.41) is 0. The van der Waals surface area contributed by atoms with Crippen molar-refractivity contribution in [2.75, 3.05) is 12.3 Å². The lowest BCUT2D eigenvalue weighted by molar-refractivity contribution is 0.582. The van der Waals surface area contributed by atoms with Crippen LogP contribution in [0.4, 0.5) is 4.39 Å². The van der Waals surface area contributed by atoms with Gasteiger partial charge in [-0.15, -0.1) is 0 Å². The van der Waals surface area contributed by atoms with E-state index in [4.69, 9.17) is 0 Å². The molecule has 0 fully saturated rings. The topological polar surface area (TPSA) is 46.2 Å². The number of sulfonamides is 1. The van der Waals surface area contributed by atoms with Crippen LogP contribution in [0.15, 0.2) is 18.2 Å². The van der Waals surface area contributed by atoms with Crippen molar-refractivity contribution >= 4 is 10.0 Å². The monoisotopic (exact) mass is 245 g/mol. The molecule has 0 saturated heterocycles. The minimum atomic E-state index is -3.13. The Balaban J connectivity index is 2.56. The molecule has 90 valence electrons. The zero-order chi connectivity index (χ0) is 12.2. The summed E-state index contributed by atoms with van der Waals surface area (Å²) in [7, 11) is -3.13. The van der Waals surface area contributed by atoms with Crippen molar-refractivity contribution in [2.24, 2.45) is 0 Å². The van der Waals surface area contributed by atoms with Gasteiger partial charge in [0.05, 0.1) is 5.75 Å². The van der Waals surface area contributed by atoms with Crippen molar-refractivity contribution in [1.29, 1.82) is 0 Å². The third kappa shape index (κ3) is 3.90. The number of halogens is 1. The van der Waals surface area contributed by atoms with Crippen LogP contribution in [-0.4, -0.2) is 20.7 Å². The summed E-state index contributed by atoms with van der Waals surface area (Å²) >= 11 is 0. The summed E-state index contributed by atoms with van der Waals surface area (Å²) in [6, 6.07) is 4.52. The second kappa shape index (κ2) is 5.41. The maximum absolute atomic E-state index is 12.8. The van der Waals surface area contributed by atoms with Gasteiger partial charge >= 0.3 is 0 Å². The molecule has 5 heteroatoms. The minimum Gasteiger partial charge on any atom is -0.215 e. The molecule has 0 amide bonds. The summed E-state index contributed by atoms with van der Waals surface area (Å²) in [5.41, 5.74) is 1.80. The zero-order valence-electron chi connectivity index (χ0n) is 9.46. The first kappa shape index (κ1) is 13.1. The third-order valence-corrected chi connectivity index (χ3v) is 3.81. The zero-order valence-corrected chi connectivity index (χ0v) is 10.3. The number of rotatable bonds is 5. The average Bonchev–Trinajstić information content (AvgIpc) is 2.21. The van der Waals surface area contributed by atoms with Crippen LogP contribution in [0.5, 0.6) is 0 Å². The van der Waals surface area contributed by atoms with Crippen LogP contribution in [0.25, 0.3) is 0 Å². The summed E-state index contributed by atoms with van der Waals surface area (Å²) in [6.45, 7) is 3.75. The molecule has 0 saturated carbocycles. The third-order valence-electron chi connectivity index (χ3n) is 2.40. The minimum absolute atomic E-state index is 0.0788. The molecule has 0 unspecified atom stereocenters. The molecule has 1 aromatic carbocycles. The SMILES string of the molecule is CCS(=O)(=O)NCCc1ccc(F)cc1C. The van der Waals surface area contributed by atoms with Crippen molar-refractivity contribution < 1.29 is 12.8 Å². The van der Waals surface area contributed by atoms with Crippen LogP contribution >= 0.6 is 0 Å². The standard InChI is InChI=1S/C11H16FNO2S/c1-3-16(14,15)13-7-6-10-4-5-11(12)8-9(10)2/h4-5,8,13H,3,6-7H2,1-2H3. The van der Waals surface area contributed by atoms with E-state index in [1.807, 2.05) is 6.92 Å². The fourth-order valence-electron chi connectivity index (χ4n) is 1.38. The Kier molecular flexibility index (Phi) is 4.44. The number of hydrogen-bond donors (Lipinski definition) is 1. The van der Waals surface area contributed by atoms with E-state index in [1.54, 1.807) is 13.0 Å². The van der Waals surface area contributed by atoms with E-state index in [9.17, 15) is 12.8 Å². The highest BCUT2D eigenvalue weighted by Gasteiger charge is 2.06. The molecule has 3 nitrogen and oxygen atoms in total. The van der Waals surface area contributed by atoms with Crippen molar-refractivity contribution in [3.63, 3.8) is 0 Å². The Labute approximate surface area is 95.7 Å². The molecule has 1 N–H and O–H groups in total. The Morgan fingerprint density at radius 2 is 2.06 bits per heavy atom. The molecule has 1 rings (SSSR count). The van der Waals surface area contributed by atoms with E-state index in [0.717, 1.165) is 11.1 Å². The predicted octanol–water partition coefficient (Wildman–Crippen LogP) is 1.62. The first-order valence-electron chi connectivity index (χ1n) is 5.17. The quantitative estimate of drug-likeness (QED) is 0.856. The Bertz CT molecular complexity index is 457. The first-order chi connectivity index (χ1) is 7.44. The molecule has 0 atom stereocenters. The molecule has 0 aromatic heterocycles. The van der Waals surface area contributed by atoms with Gasteiger partial charge in [-0.2, -0.15) is 0 Å². The van der Waals surface area contributed by atoms with Gasteiger partial charge in [-0.1, -0.05) is 6.07 Å². The van der Waals surface area contributed by atoms with Crippen LogP contribution in [-0.2, 0) is 16.4 Å². The summed E-state index contributed by atoms with van der Waals surface area (Å²) in [4.78, 5) is 0. The Hall–Kier alpha value is -0.940. The van der Waals surface area contributed by atoms with E-state index in [0.29, 0.717) is 13.0 Å². The summed E-state index contributed by atoms with van der Waals surface area (Å²) in [5.74, 6) is -0.189. The molecule has 16 heavy (non-hydrogen) atoms. The molecule has 0 radical (unpaired) electrons. The highest BCUT2D eigenvalue weighted by molar-refractivity contribution is 7.89. The summed E-state index contributed by atoms with van der Waals surface area (Å²) in [6.07, 6.45) is 0.575. The smallest absolute Gasteiger partial charge is 0.211 e. The maximum Gasteiger partial charge on any atom is 0.211 e. The van der Waals surface area contributed by atoms with Crippen molar-refractivity contribution in [3.05, 3.63) is 35.1 Å². The summed E-state index contributed by atoms with van der Waals surface area (Å²) < 4.78 is 37.6. The highest BCUT2D eigenvalue weighted by atomic mass is 32.2. The van der Waals surface area contributed by atoms with E-state index < -0.39 is 10.0 Å². The Morgan fingerprint density at radius 3 is 2.62 bits per heavy atom. The highest BCUT2D eigenvalue weighted by Crippen LogP contribution is 2.10. The van der Waals surface area contributed by atoms with Gasteiger partial charge in [-0.3, -0.25) is 0 Å². The molecular weight excluding hydrogens is 229 g/mol. The number of aryl methyl sites for hydroxylation is 1. The number of benzene rings is 1. The second-order valence-electron chi connectivity index (χ2n) is 3.62. The normalized spacial score (nSPS) is 11.7. The van der Waals surface area contributed by atoms with Gasteiger partial charge in [0.15, 0.2) is 0 Å². The van der Waals surface area contributed by atoms with Crippen LogP contribution in [0.2, 0.25) is 0 Å². The lowest BCUT2D eigenvalue weighted by Gasteiger charge is -2.07. The average molecular weight is 245 g/mol. The number of hydrogen-bond acceptors (Lipinski definition) is 2. The van der Waals surface area contributed by atoms with Gasteiger partial charge < -0.3 is 0 Å². The second-order valence-corrected chi connectivity index (χ2v) is 5.71. The largest absolute Gasteiger partial charge is 0.215 e. The van der Waals surface area contributed by atoms with Crippen molar-refractivity contribution in [3.8, 4) is 0 Å². The van der Waals surface area contributed by atoms with Gasteiger partial charge in [0, 0.05) is 6.54 Å². The van der Waals surface area contributed by atoms with E-state index in [-0.39, 0.29) is 11.6 Å². The van der Waals surface area contributed by atoms with Gasteiger partial charge in [-0.25, -0.2) is 17.5 Å². The molecule has 0 bridgehead atoms. The molecule has 0 aliphatic rings. The fraction of sp³-hybridized carbons (Fsp3) is 0.455. The fourth-order valence-corrected chi connectivity index (χ4v) is 2.00. The van der Waals surface area contributed by atoms with Crippen LogP contribution in [0.3, 0.4) is 0 Å². The van der Waals surface area contributed by atoms with Gasteiger partial charge in [0.2, 0.25) is 10.0 Å². The Morgan fingerprint density at radius 1 is 1.38 bits per heavy atom. The van der Waals surface area contributed by atoms with Crippen LogP contribution in [0, 0.1) is 12.7 Å². The molecule has 0 aliphatic heterocycles. The van der Waals surface area contributed by atoms with E-state index in [1.165, 1.54) is 12.1 Å². The first-order valence-corrected chi connectivity index (χ1v) is 6.82. The molecule has 0 heterocycles. The van der Waals surface area contributed by atoms with Crippen LogP contribution in [0.1, 0.15) is 18.1 Å². The van der Waals surface area contributed by atoms with Crippen LogP contribution < -0.4 is 4.72 Å². The van der Waals surface area contributed by atoms with Gasteiger partial charge in [0.1, 0.15) is 5.82 Å². The van der Waals surface area contributed by atoms with Crippen molar-refractivity contribution in [1.82, 2.24) is 4.72 Å². The van der Waals surface area contributed by atoms with Crippen molar-refractivity contribution in [2.45, 2.75) is 20.3 Å².